The Bertz CT molecular complexity index is 3170. The molecule has 4 aliphatic heterocycles. The SMILES string of the molecule is COC1CC(/C=C(\C)[C@H]2OC(=O)C3CCCCN3C(=O)C(=O)C3(O)O[C@@H](C(OC)CC3C)[C@@H](OC)C[C@@H](C)C/C(C)=C/[C@@H](CCOC(=O)NCc3c4oc5cc(O)ccc5c(-c5ccccc5C=O)c-4ccc3=O)C(=O)CC(O)[C@H]2C)CC[C@H]1O. The standard InChI is InChI=1S/C65H82N2O18/c1-35-25-36(2)27-55(80-7)60-56(81-8)29-38(4)65(78,85-60)61(74)62(75)67-23-12-11-15-48(67)63(76)84-58(37(3)28-40-16-20-50(71)54(30-40)79-6)39(5)51(72)32-52(73)41(26-35)22-24-82-64(77)66-33-47-49(70)21-19-46-57(44-14-10-9-13-42(44)34-68)45-18-17-43(69)31-53(45)83-59(46)47/h9-10,13-14,17-19,21,26,28,31,34,36,38-41,48,50-51,54-56,58,60,69,71-72,78H,11-12,15-16,20,22-25,27,29-30,32-33H2,1-8H3,(H,66,77)/b35-26+,37-28+/t36-,38?,39+,40?,41+,48?,50+,51?,54?,55-,56?,58+,60+,65?/m0/s1. The molecule has 85 heavy (non-hydrogen) atoms. The number of nitrogens with one attached hydrogen (secondary N) is 1. The van der Waals surface area contributed by atoms with Gasteiger partial charge in [0.2, 0.25) is 5.79 Å². The summed E-state index contributed by atoms with van der Waals surface area (Å²) in [5.41, 5.74) is 3.13. The number of phenols is 1. The Morgan fingerprint density at radius 1 is 0.859 bits per heavy atom. The maximum absolute atomic E-state index is 14.7. The monoisotopic (exact) mass is 1180 g/mol. The minimum atomic E-state index is -2.61. The van der Waals surface area contributed by atoms with Crippen molar-refractivity contribution in [1.29, 1.82) is 0 Å². The van der Waals surface area contributed by atoms with E-state index in [0.29, 0.717) is 78.2 Å². The number of Topliss-reactive ketones (excluding diaryl/α,β-unsaturated/α-hetero) is 2. The van der Waals surface area contributed by atoms with Crippen LogP contribution < -0.4 is 10.7 Å². The second-order valence-electron chi connectivity index (χ2n) is 23.8. The number of hydrogen-bond acceptors (Lipinski definition) is 18. The summed E-state index contributed by atoms with van der Waals surface area (Å²) in [6.45, 7) is 8.20. The number of allylic oxidation sites excluding steroid dienone is 3. The van der Waals surface area contributed by atoms with Crippen molar-refractivity contribution in [2.24, 2.45) is 29.6 Å². The molecule has 3 fully saturated rings. The highest BCUT2D eigenvalue weighted by Crippen LogP contribution is 2.44. The van der Waals surface area contributed by atoms with Crippen molar-refractivity contribution in [1.82, 2.24) is 10.2 Å². The zero-order chi connectivity index (χ0) is 61.4. The lowest BCUT2D eigenvalue weighted by Crippen LogP contribution is -2.64. The number of esters is 1. The van der Waals surface area contributed by atoms with Gasteiger partial charge in [-0.3, -0.25) is 24.0 Å². The molecule has 8 rings (SSSR count). The Kier molecular flexibility index (Phi) is 21.4. The van der Waals surface area contributed by atoms with Crippen molar-refractivity contribution in [3.63, 3.8) is 0 Å². The van der Waals surface area contributed by atoms with E-state index < -0.39 is 114 Å². The smallest absolute Gasteiger partial charge is 0.407 e. The lowest BCUT2D eigenvalue weighted by molar-refractivity contribution is -0.302. The molecule has 2 saturated heterocycles. The summed E-state index contributed by atoms with van der Waals surface area (Å²) in [6, 6.07) is 13.1. The van der Waals surface area contributed by atoms with Crippen molar-refractivity contribution in [2.45, 2.75) is 166 Å². The van der Waals surface area contributed by atoms with Crippen LogP contribution in [0.2, 0.25) is 0 Å². The van der Waals surface area contributed by atoms with Crippen molar-refractivity contribution in [3.8, 4) is 28.2 Å². The number of methoxy groups -OCH3 is 3. The van der Waals surface area contributed by atoms with Gasteiger partial charge in [0.15, 0.2) is 11.7 Å². The number of ketones is 2. The molecule has 2 aliphatic carbocycles. The maximum atomic E-state index is 14.7. The Balaban J connectivity index is 1.08. The molecular weight excluding hydrogens is 1100 g/mol. The van der Waals surface area contributed by atoms with Gasteiger partial charge in [0.1, 0.15) is 41.1 Å². The third-order valence-corrected chi connectivity index (χ3v) is 17.8. The number of aromatic hydroxyl groups is 1. The van der Waals surface area contributed by atoms with Crippen LogP contribution in [0.4, 0.5) is 4.79 Å². The van der Waals surface area contributed by atoms with Crippen molar-refractivity contribution in [2.75, 3.05) is 34.5 Å². The number of nitrogens with zero attached hydrogens (tertiary/aromatic N) is 1. The number of cyclic esters (lactones) is 1. The molecule has 20 heteroatoms. The number of hydrogen-bond donors (Lipinski definition) is 5. The lowest BCUT2D eigenvalue weighted by Gasteiger charge is -2.47. The number of fused-ring (bicyclic) bond motifs is 5. The molecule has 4 heterocycles. The molecule has 0 spiro atoms. The average molecular weight is 1180 g/mol. The fourth-order valence-corrected chi connectivity index (χ4v) is 13.0. The predicted octanol–water partition coefficient (Wildman–Crippen LogP) is 7.78. The Labute approximate surface area is 495 Å². The van der Waals surface area contributed by atoms with E-state index in [1.807, 2.05) is 19.9 Å². The first kappa shape index (κ1) is 64.4. The molecular formula is C65H82N2O18. The molecule has 6 aliphatic rings. The number of ether oxygens (including phenoxy) is 6. The molecule has 2 bridgehead atoms. The highest BCUT2D eigenvalue weighted by Gasteiger charge is 2.57. The molecule has 2 aromatic carbocycles. The van der Waals surface area contributed by atoms with Gasteiger partial charge in [0, 0.05) is 80.2 Å². The lowest BCUT2D eigenvalue weighted by atomic mass is 9.81. The molecule has 0 aromatic heterocycles. The number of carbonyl (C=O) groups is 6. The molecule has 460 valence electrons. The van der Waals surface area contributed by atoms with E-state index in [0.717, 1.165) is 16.8 Å². The van der Waals surface area contributed by atoms with E-state index in [9.17, 15) is 54.0 Å². The first-order valence-corrected chi connectivity index (χ1v) is 29.6. The van der Waals surface area contributed by atoms with E-state index >= 15 is 0 Å². The van der Waals surface area contributed by atoms with E-state index in [1.54, 1.807) is 63.2 Å². The van der Waals surface area contributed by atoms with Gasteiger partial charge < -0.3 is 63.5 Å². The zero-order valence-electron chi connectivity index (χ0n) is 49.8. The number of amides is 2. The maximum Gasteiger partial charge on any atom is 0.407 e. The predicted molar refractivity (Wildman–Crippen MR) is 312 cm³/mol. The number of rotatable bonds is 12. The van der Waals surface area contributed by atoms with Crippen LogP contribution in [0.1, 0.15) is 121 Å². The molecule has 2 amide bonds. The van der Waals surface area contributed by atoms with Gasteiger partial charge in [-0.15, -0.1) is 0 Å². The van der Waals surface area contributed by atoms with E-state index in [2.05, 4.69) is 5.32 Å². The quantitative estimate of drug-likeness (QED) is 0.0298. The average Bonchev–Trinajstić information content (AvgIpc) is 3.56. The Morgan fingerprint density at radius 2 is 1.59 bits per heavy atom. The van der Waals surface area contributed by atoms with Crippen LogP contribution in [0, 0.1) is 29.6 Å². The topological polar surface area (TPSA) is 284 Å². The number of aldehydes is 1. The summed E-state index contributed by atoms with van der Waals surface area (Å²) < 4.78 is 42.1. The number of carbonyl (C=O) groups excluding carboxylic acids is 6. The molecule has 5 N–H and O–H groups in total. The molecule has 14 atom stereocenters. The van der Waals surface area contributed by atoms with Gasteiger partial charge in [-0.05, 0) is 125 Å². The van der Waals surface area contributed by atoms with Crippen molar-refractivity contribution in [3.05, 3.63) is 99.2 Å². The van der Waals surface area contributed by atoms with Gasteiger partial charge in [0.05, 0.1) is 49.2 Å². The zero-order valence-corrected chi connectivity index (χ0v) is 49.8. The number of benzene rings is 3. The number of piperidine rings is 1. The molecule has 7 unspecified atom stereocenters. The summed E-state index contributed by atoms with van der Waals surface area (Å²) in [5.74, 6) is -9.23. The summed E-state index contributed by atoms with van der Waals surface area (Å²) >= 11 is 0. The third-order valence-electron chi connectivity index (χ3n) is 17.8. The Morgan fingerprint density at radius 3 is 2.32 bits per heavy atom. The van der Waals surface area contributed by atoms with Gasteiger partial charge in [-0.2, -0.15) is 0 Å². The molecule has 0 radical (unpaired) electrons. The number of alkyl carbamates (subject to hydrolysis) is 1. The van der Waals surface area contributed by atoms with E-state index in [1.165, 1.54) is 39.5 Å². The molecule has 20 nitrogen and oxygen atoms in total. The van der Waals surface area contributed by atoms with Crippen LogP contribution in [-0.4, -0.2) is 150 Å². The molecule has 1 saturated carbocycles. The van der Waals surface area contributed by atoms with Crippen molar-refractivity contribution >= 4 is 46.8 Å². The fourth-order valence-electron chi connectivity index (χ4n) is 13.0. The fraction of sp³-hybridized carbons (Fsp3) is 0.554. The molecule has 2 aromatic rings. The number of phenolic OH excluding ortho intramolecular Hbond substituents is 1. The number of aliphatic hydroxyl groups excluding tert-OH is 2. The normalized spacial score (nSPS) is 31.3. The van der Waals surface area contributed by atoms with E-state index in [-0.39, 0.29) is 73.5 Å². The third kappa shape index (κ3) is 14.4. The minimum Gasteiger partial charge on any atom is -0.508 e. The van der Waals surface area contributed by atoms with Crippen LogP contribution in [0.25, 0.3) is 33.4 Å². The largest absolute Gasteiger partial charge is 0.508 e. The Hall–Kier alpha value is -6.65. The summed E-state index contributed by atoms with van der Waals surface area (Å²) in [5, 5.41) is 48.7. The van der Waals surface area contributed by atoms with Gasteiger partial charge >= 0.3 is 12.1 Å². The van der Waals surface area contributed by atoms with Crippen LogP contribution >= 0.6 is 0 Å². The van der Waals surface area contributed by atoms with Gasteiger partial charge in [0.25, 0.3) is 11.7 Å². The van der Waals surface area contributed by atoms with Crippen LogP contribution in [0.15, 0.2) is 87.1 Å². The minimum absolute atomic E-state index is 0.0119. The van der Waals surface area contributed by atoms with Crippen LogP contribution in [0.3, 0.4) is 0 Å². The summed E-state index contributed by atoms with van der Waals surface area (Å²) in [6.07, 6.45) is 0.457. The second-order valence-corrected chi connectivity index (χ2v) is 23.8. The number of aliphatic hydroxyl groups is 3. The first-order valence-electron chi connectivity index (χ1n) is 29.6. The van der Waals surface area contributed by atoms with Gasteiger partial charge in [-0.25, -0.2) is 9.59 Å². The summed E-state index contributed by atoms with van der Waals surface area (Å²) in [7, 11) is 4.48. The van der Waals surface area contributed by atoms with Crippen LogP contribution in [0.5, 0.6) is 5.75 Å². The summed E-state index contributed by atoms with van der Waals surface area (Å²) in [4.78, 5) is 99.0. The first-order chi connectivity index (χ1) is 40.6. The van der Waals surface area contributed by atoms with E-state index in [4.69, 9.17) is 32.8 Å². The van der Waals surface area contributed by atoms with Gasteiger partial charge in [-0.1, -0.05) is 62.8 Å². The highest BCUT2D eigenvalue weighted by molar-refractivity contribution is 6.39. The van der Waals surface area contributed by atoms with Crippen molar-refractivity contribution < 1.29 is 82.0 Å². The second kappa shape index (κ2) is 28.2. The highest BCUT2D eigenvalue weighted by atomic mass is 16.7. The van der Waals surface area contributed by atoms with Crippen LogP contribution in [-0.2, 0) is 54.1 Å².